The van der Waals surface area contributed by atoms with Gasteiger partial charge in [0.1, 0.15) is 0 Å². The van der Waals surface area contributed by atoms with E-state index < -0.39 is 17.1 Å². The number of benzene rings is 3. The Morgan fingerprint density at radius 3 is 1.45 bits per heavy atom. The van der Waals surface area contributed by atoms with Crippen molar-refractivity contribution < 1.29 is 13.0 Å². The zero-order valence-corrected chi connectivity index (χ0v) is 19.9. The highest BCUT2D eigenvalue weighted by molar-refractivity contribution is 6.87. The van der Waals surface area contributed by atoms with Gasteiger partial charge < -0.3 is 13.0 Å². The van der Waals surface area contributed by atoms with E-state index in [1.807, 2.05) is 13.1 Å². The molecule has 0 fully saturated rings. The van der Waals surface area contributed by atoms with Crippen molar-refractivity contribution in [3.8, 4) is 0 Å². The van der Waals surface area contributed by atoms with Crippen LogP contribution in [0.1, 0.15) is 22.6 Å². The quantitative estimate of drug-likeness (QED) is 0.371. The molecule has 29 heavy (non-hydrogen) atoms. The van der Waals surface area contributed by atoms with Crippen LogP contribution in [0.3, 0.4) is 0 Å². The molecule has 3 aromatic rings. The molecule has 0 amide bonds. The van der Waals surface area contributed by atoms with Gasteiger partial charge in [-0.05, 0) is 41.5 Å². The Labute approximate surface area is 176 Å². The summed E-state index contributed by atoms with van der Waals surface area (Å²) in [4.78, 5) is 0. The lowest BCUT2D eigenvalue weighted by molar-refractivity contribution is 0.256. The van der Waals surface area contributed by atoms with Gasteiger partial charge in [0.25, 0.3) is 0 Å². The maximum atomic E-state index is 6.41. The van der Waals surface area contributed by atoms with Crippen LogP contribution in [0.15, 0.2) is 84.9 Å². The number of hydrogen-bond donors (Lipinski definition) is 0. The van der Waals surface area contributed by atoms with Gasteiger partial charge in [-0.15, -0.1) is 0 Å². The molecule has 152 valence electrons. The minimum Gasteiger partial charge on any atom is -0.411 e. The normalized spacial score (nSPS) is 14.0. The molecular formula is C24H30O3Si2. The van der Waals surface area contributed by atoms with E-state index in [2.05, 4.69) is 91.5 Å². The van der Waals surface area contributed by atoms with Crippen molar-refractivity contribution in [1.82, 2.24) is 0 Å². The monoisotopic (exact) mass is 422 g/mol. The summed E-state index contributed by atoms with van der Waals surface area (Å²) in [6, 6.07) is 30.0. The van der Waals surface area contributed by atoms with E-state index >= 15 is 0 Å². The fourth-order valence-electron chi connectivity index (χ4n) is 3.58. The average molecular weight is 423 g/mol. The van der Waals surface area contributed by atoms with Crippen LogP contribution >= 0.6 is 0 Å². The molecule has 3 nitrogen and oxygen atoms in total. The largest absolute Gasteiger partial charge is 0.411 e. The van der Waals surface area contributed by atoms with Crippen molar-refractivity contribution in [3.63, 3.8) is 0 Å². The third kappa shape index (κ3) is 5.12. The molecular weight excluding hydrogens is 392 g/mol. The van der Waals surface area contributed by atoms with Crippen molar-refractivity contribution in [2.75, 3.05) is 14.2 Å². The molecule has 3 aromatic carbocycles. The minimum atomic E-state index is -2.54. The van der Waals surface area contributed by atoms with Crippen LogP contribution in [0, 0.1) is 0 Å². The number of rotatable bonds is 8. The van der Waals surface area contributed by atoms with Crippen LogP contribution < -0.4 is 5.19 Å². The molecule has 0 radical (unpaired) electrons. The molecule has 0 aliphatic rings. The summed E-state index contributed by atoms with van der Waals surface area (Å²) in [6.45, 7) is 6.18. The van der Waals surface area contributed by atoms with E-state index in [4.69, 9.17) is 13.0 Å². The Hall–Kier alpha value is -2.03. The Balaban J connectivity index is 1.98. The topological polar surface area (TPSA) is 27.7 Å². The van der Waals surface area contributed by atoms with E-state index in [-0.39, 0.29) is 5.92 Å². The fraction of sp³-hybridized carbons (Fsp3) is 0.250. The lowest BCUT2D eigenvalue weighted by atomic mass is 9.85. The summed E-state index contributed by atoms with van der Waals surface area (Å²) in [7, 11) is -1.31. The summed E-state index contributed by atoms with van der Waals surface area (Å²) in [5, 5.41) is 1.11. The average Bonchev–Trinajstić information content (AvgIpc) is 2.75. The second-order valence-electron chi connectivity index (χ2n) is 7.73. The molecule has 0 saturated heterocycles. The second kappa shape index (κ2) is 9.19. The molecule has 0 N–H and O–H groups in total. The molecule has 0 bridgehead atoms. The van der Waals surface area contributed by atoms with E-state index in [1.165, 1.54) is 16.7 Å². The summed E-state index contributed by atoms with van der Waals surface area (Å²) in [6.07, 6.45) is 0. The Morgan fingerprint density at radius 1 is 0.586 bits per heavy atom. The first-order valence-electron chi connectivity index (χ1n) is 9.89. The van der Waals surface area contributed by atoms with Crippen LogP contribution in [0.5, 0.6) is 0 Å². The third-order valence-electron chi connectivity index (χ3n) is 5.36. The van der Waals surface area contributed by atoms with Gasteiger partial charge in [0.05, 0.1) is 0 Å². The first-order chi connectivity index (χ1) is 13.9. The molecule has 0 saturated carbocycles. The maximum absolute atomic E-state index is 6.41. The predicted molar refractivity (Wildman–Crippen MR) is 124 cm³/mol. The zero-order chi connectivity index (χ0) is 20.9. The number of hydrogen-bond acceptors (Lipinski definition) is 3. The van der Waals surface area contributed by atoms with Crippen LogP contribution in [0.4, 0.5) is 0 Å². The molecule has 3 rings (SSSR count). The zero-order valence-electron chi connectivity index (χ0n) is 17.9. The van der Waals surface area contributed by atoms with E-state index in [1.54, 1.807) is 14.2 Å². The van der Waals surface area contributed by atoms with Crippen molar-refractivity contribution >= 4 is 22.3 Å². The maximum Gasteiger partial charge on any atom is 0.360 e. The molecule has 0 aromatic heterocycles. The molecule has 0 heterocycles. The van der Waals surface area contributed by atoms with Crippen LogP contribution in [-0.2, 0) is 13.0 Å². The fourth-order valence-corrected chi connectivity index (χ4v) is 9.47. The molecule has 1 unspecified atom stereocenters. The highest BCUT2D eigenvalue weighted by Crippen LogP contribution is 2.31. The summed E-state index contributed by atoms with van der Waals surface area (Å²) < 4.78 is 17.9. The first-order valence-corrected chi connectivity index (χ1v) is 15.0. The van der Waals surface area contributed by atoms with Gasteiger partial charge in [-0.1, -0.05) is 84.9 Å². The Kier molecular flexibility index (Phi) is 6.87. The summed E-state index contributed by atoms with van der Waals surface area (Å²) in [5.74, 6) is 0.188. The van der Waals surface area contributed by atoms with E-state index in [0.29, 0.717) is 0 Å². The first kappa shape index (κ1) is 21.7. The molecule has 0 spiro atoms. The third-order valence-corrected chi connectivity index (χ3v) is 12.0. The standard InChI is InChI=1S/C24H30O3Si2/c1-25-28(3,4)27-29(5,26-2)23-18-16-22(17-19-23)24(20-12-8-6-9-13-20)21-14-10-7-11-15-21/h6-19,24H,1-5H3. The SMILES string of the molecule is CO[Si](C)(C)O[Si](C)(OC)c1ccc(C(c2ccccc2)c2ccccc2)cc1. The minimum absolute atomic E-state index is 0.188. The van der Waals surface area contributed by atoms with Gasteiger partial charge in [-0.3, -0.25) is 0 Å². The lowest BCUT2D eigenvalue weighted by Gasteiger charge is -2.33. The van der Waals surface area contributed by atoms with Crippen LogP contribution in [-0.4, -0.2) is 31.3 Å². The molecule has 5 heteroatoms. The highest BCUT2D eigenvalue weighted by Gasteiger charge is 2.40. The van der Waals surface area contributed by atoms with E-state index in [0.717, 1.165) is 5.19 Å². The Morgan fingerprint density at radius 2 is 1.03 bits per heavy atom. The van der Waals surface area contributed by atoms with Crippen LogP contribution in [0.25, 0.3) is 0 Å². The van der Waals surface area contributed by atoms with Gasteiger partial charge >= 0.3 is 17.1 Å². The molecule has 1 atom stereocenters. The van der Waals surface area contributed by atoms with E-state index in [9.17, 15) is 0 Å². The summed E-state index contributed by atoms with van der Waals surface area (Å²) in [5.41, 5.74) is 3.81. The van der Waals surface area contributed by atoms with Gasteiger partial charge in [-0.2, -0.15) is 0 Å². The molecule has 0 aliphatic carbocycles. The Bertz CT molecular complexity index is 859. The van der Waals surface area contributed by atoms with Crippen molar-refractivity contribution in [1.29, 1.82) is 0 Å². The van der Waals surface area contributed by atoms with Crippen molar-refractivity contribution in [2.24, 2.45) is 0 Å². The van der Waals surface area contributed by atoms with Crippen LogP contribution in [0.2, 0.25) is 19.6 Å². The summed E-state index contributed by atoms with van der Waals surface area (Å²) >= 11 is 0. The van der Waals surface area contributed by atoms with Crippen molar-refractivity contribution in [2.45, 2.75) is 25.6 Å². The highest BCUT2D eigenvalue weighted by atomic mass is 28.5. The predicted octanol–water partition coefficient (Wildman–Crippen LogP) is 5.16. The van der Waals surface area contributed by atoms with Gasteiger partial charge in [-0.25, -0.2) is 0 Å². The smallest absolute Gasteiger partial charge is 0.360 e. The van der Waals surface area contributed by atoms with Gasteiger partial charge in [0.15, 0.2) is 0 Å². The lowest BCUT2D eigenvalue weighted by Crippen LogP contribution is -2.57. The van der Waals surface area contributed by atoms with Crippen molar-refractivity contribution in [3.05, 3.63) is 102 Å². The van der Waals surface area contributed by atoms with Gasteiger partial charge in [0, 0.05) is 20.1 Å². The second-order valence-corrected chi connectivity index (χ2v) is 14.6. The molecule has 0 aliphatic heterocycles. The van der Waals surface area contributed by atoms with Gasteiger partial charge in [0.2, 0.25) is 0 Å².